The van der Waals surface area contributed by atoms with Gasteiger partial charge in [0.15, 0.2) is 0 Å². The monoisotopic (exact) mass is 98.1 g/mol. The maximum atomic E-state index is 3.61. The fraction of sp³-hybridized carbons (Fsp3) is 0.600. The molecule has 0 saturated carbocycles. The molecule has 6 heavy (non-hydrogen) atoms. The lowest BCUT2D eigenvalue weighted by molar-refractivity contribution is 1.08. The molecule has 0 heterocycles. The van der Waals surface area contributed by atoms with Gasteiger partial charge in [-0.3, -0.25) is 0 Å². The molecule has 0 aromatic heterocycles. The van der Waals surface area contributed by atoms with Gasteiger partial charge in [-0.2, -0.15) is 0 Å². The van der Waals surface area contributed by atoms with Crippen LogP contribution in [0.1, 0.15) is 13.3 Å². The molecule has 0 unspecified atom stereocenters. The molecular weight excluding hydrogens is 88.1 g/mol. The first-order chi connectivity index (χ1) is 2.91. The lowest BCUT2D eigenvalue weighted by Crippen LogP contribution is -1.77. The average Bonchev–Trinajstić information content (AvgIpc) is 1.61. The van der Waals surface area contributed by atoms with Crippen LogP contribution in [-0.4, -0.2) is 9.52 Å². The Morgan fingerprint density at radius 1 is 1.83 bits per heavy atom. The van der Waals surface area contributed by atoms with Crippen LogP contribution in [0, 0.1) is 0 Å². The van der Waals surface area contributed by atoms with Crippen LogP contribution in [0.25, 0.3) is 0 Å². The Kier molecular flexibility index (Phi) is 4.92. The first kappa shape index (κ1) is 5.96. The van der Waals surface area contributed by atoms with E-state index < -0.39 is 0 Å². The summed E-state index contributed by atoms with van der Waals surface area (Å²) >= 11 is 0. The molecular formula is C5H10Si. The molecule has 0 aliphatic carbocycles. The molecule has 0 N–H and O–H groups in total. The van der Waals surface area contributed by atoms with E-state index in [9.17, 15) is 0 Å². The van der Waals surface area contributed by atoms with Crippen molar-refractivity contribution in [2.45, 2.75) is 19.4 Å². The predicted octanol–water partition coefficient (Wildman–Crippen LogP) is 1.66. The largest absolute Gasteiger partial charge is 0.107 e. The van der Waals surface area contributed by atoms with Crippen molar-refractivity contribution in [3.63, 3.8) is 0 Å². The van der Waals surface area contributed by atoms with Gasteiger partial charge in [0.25, 0.3) is 0 Å². The molecule has 34 valence electrons. The molecule has 1 heteroatoms. The Balaban J connectivity index is 2.49. The summed E-state index contributed by atoms with van der Waals surface area (Å²) in [6.45, 7) is 5.80. The Hall–Kier alpha value is -0.0431. The van der Waals surface area contributed by atoms with Crippen LogP contribution >= 0.6 is 0 Å². The van der Waals surface area contributed by atoms with E-state index in [1.54, 1.807) is 0 Å². The fourth-order valence-electron chi connectivity index (χ4n) is 0.246. The van der Waals surface area contributed by atoms with Crippen molar-refractivity contribution < 1.29 is 0 Å². The summed E-state index contributed by atoms with van der Waals surface area (Å²) in [4.78, 5) is 0. The van der Waals surface area contributed by atoms with Gasteiger partial charge < -0.3 is 0 Å². The van der Waals surface area contributed by atoms with Crippen LogP contribution in [0.4, 0.5) is 0 Å². The Bertz CT molecular complexity index is 32.9. The van der Waals surface area contributed by atoms with E-state index >= 15 is 0 Å². The highest BCUT2D eigenvalue weighted by Crippen LogP contribution is 1.82. The van der Waals surface area contributed by atoms with Crippen LogP contribution in [0.5, 0.6) is 0 Å². The SMILES string of the molecule is C=C[Si]CCC. The van der Waals surface area contributed by atoms with Crippen LogP contribution in [0.15, 0.2) is 12.3 Å². The van der Waals surface area contributed by atoms with Gasteiger partial charge in [-0.25, -0.2) is 0 Å². The Labute approximate surface area is 42.1 Å². The van der Waals surface area contributed by atoms with Crippen LogP contribution in [0.2, 0.25) is 6.04 Å². The lowest BCUT2D eigenvalue weighted by Gasteiger charge is -1.79. The maximum absolute atomic E-state index is 3.61. The molecule has 0 aliphatic rings. The van der Waals surface area contributed by atoms with Gasteiger partial charge in [-0.15, -0.1) is 12.3 Å². The zero-order valence-electron chi connectivity index (χ0n) is 4.20. The first-order valence-corrected chi connectivity index (χ1v) is 3.54. The number of rotatable bonds is 3. The van der Waals surface area contributed by atoms with Gasteiger partial charge in [0.2, 0.25) is 0 Å². The minimum Gasteiger partial charge on any atom is -0.107 e. The molecule has 0 nitrogen and oxygen atoms in total. The molecule has 0 aromatic rings. The highest BCUT2D eigenvalue weighted by atomic mass is 28.2. The number of hydrogen-bond acceptors (Lipinski definition) is 0. The van der Waals surface area contributed by atoms with Crippen molar-refractivity contribution in [2.24, 2.45) is 0 Å². The molecule has 0 bridgehead atoms. The minimum atomic E-state index is 0.979. The molecule has 2 radical (unpaired) electrons. The van der Waals surface area contributed by atoms with Crippen molar-refractivity contribution in [2.75, 3.05) is 0 Å². The summed E-state index contributed by atoms with van der Waals surface area (Å²) in [5.74, 6) is 0. The summed E-state index contributed by atoms with van der Waals surface area (Å²) in [5.41, 5.74) is 1.99. The summed E-state index contributed by atoms with van der Waals surface area (Å²) in [6, 6.07) is 1.32. The molecule has 0 aliphatic heterocycles. The maximum Gasteiger partial charge on any atom is 0.0695 e. The van der Waals surface area contributed by atoms with E-state index in [-0.39, 0.29) is 0 Å². The second-order valence-corrected chi connectivity index (χ2v) is 2.47. The van der Waals surface area contributed by atoms with Crippen molar-refractivity contribution in [3.05, 3.63) is 12.3 Å². The second kappa shape index (κ2) is 4.96. The van der Waals surface area contributed by atoms with E-state index in [1.165, 1.54) is 12.5 Å². The summed E-state index contributed by atoms with van der Waals surface area (Å²) < 4.78 is 0. The van der Waals surface area contributed by atoms with E-state index in [0.29, 0.717) is 0 Å². The molecule has 0 aromatic carbocycles. The van der Waals surface area contributed by atoms with Crippen molar-refractivity contribution in [1.29, 1.82) is 0 Å². The molecule has 0 atom stereocenters. The highest BCUT2D eigenvalue weighted by Gasteiger charge is 1.73. The second-order valence-electron chi connectivity index (χ2n) is 1.16. The third-order valence-corrected chi connectivity index (χ3v) is 1.62. The lowest BCUT2D eigenvalue weighted by atomic mass is 10.6. The molecule has 0 spiro atoms. The van der Waals surface area contributed by atoms with E-state index in [1.807, 2.05) is 5.70 Å². The Morgan fingerprint density at radius 3 is 2.67 bits per heavy atom. The zero-order valence-corrected chi connectivity index (χ0v) is 5.20. The predicted molar refractivity (Wildman–Crippen MR) is 31.0 cm³/mol. The Morgan fingerprint density at radius 2 is 2.50 bits per heavy atom. The van der Waals surface area contributed by atoms with E-state index in [2.05, 4.69) is 13.5 Å². The third kappa shape index (κ3) is 3.96. The van der Waals surface area contributed by atoms with Gasteiger partial charge >= 0.3 is 0 Å². The van der Waals surface area contributed by atoms with Crippen molar-refractivity contribution >= 4 is 9.52 Å². The zero-order chi connectivity index (χ0) is 4.83. The smallest absolute Gasteiger partial charge is 0.0695 e. The summed E-state index contributed by atoms with van der Waals surface area (Å²) in [5, 5.41) is 0. The van der Waals surface area contributed by atoms with Gasteiger partial charge in [0.05, 0.1) is 9.52 Å². The molecule has 0 fully saturated rings. The van der Waals surface area contributed by atoms with Crippen LogP contribution in [-0.2, 0) is 0 Å². The first-order valence-electron chi connectivity index (χ1n) is 2.26. The third-order valence-electron chi connectivity index (χ3n) is 0.539. The fourth-order valence-corrected chi connectivity index (χ4v) is 0.739. The molecule has 0 amide bonds. The van der Waals surface area contributed by atoms with Gasteiger partial charge in [-0.1, -0.05) is 19.4 Å². The van der Waals surface area contributed by atoms with E-state index in [4.69, 9.17) is 0 Å². The van der Waals surface area contributed by atoms with Crippen molar-refractivity contribution in [3.8, 4) is 0 Å². The number of hydrogen-bond donors (Lipinski definition) is 0. The van der Waals surface area contributed by atoms with Crippen molar-refractivity contribution in [1.82, 2.24) is 0 Å². The van der Waals surface area contributed by atoms with Crippen LogP contribution < -0.4 is 0 Å². The molecule has 0 rings (SSSR count). The van der Waals surface area contributed by atoms with E-state index in [0.717, 1.165) is 9.52 Å². The van der Waals surface area contributed by atoms with Crippen LogP contribution in [0.3, 0.4) is 0 Å². The molecule has 0 saturated heterocycles. The standard InChI is InChI=1S/C5H10Si/c1-3-5-6-4-2/h4H,2-3,5H2,1H3. The minimum absolute atomic E-state index is 0.979. The average molecular weight is 98.2 g/mol. The van der Waals surface area contributed by atoms with Gasteiger partial charge in [-0.05, 0) is 0 Å². The summed E-state index contributed by atoms with van der Waals surface area (Å²) in [7, 11) is 0.979. The highest BCUT2D eigenvalue weighted by molar-refractivity contribution is 6.41. The summed E-state index contributed by atoms with van der Waals surface area (Å²) in [6.07, 6.45) is 1.30. The topological polar surface area (TPSA) is 0 Å². The quantitative estimate of drug-likeness (QED) is 0.372. The van der Waals surface area contributed by atoms with Gasteiger partial charge in [0, 0.05) is 0 Å². The van der Waals surface area contributed by atoms with Gasteiger partial charge in [0.1, 0.15) is 0 Å². The normalized spacial score (nSPS) is 8.17.